The summed E-state index contributed by atoms with van der Waals surface area (Å²) in [5.41, 5.74) is 2.85. The minimum absolute atomic E-state index is 0.0105. The second-order valence-corrected chi connectivity index (χ2v) is 7.61. The molecule has 29 heavy (non-hydrogen) atoms. The number of hydrogen-bond donors (Lipinski definition) is 1. The molecule has 0 bridgehead atoms. The smallest absolute Gasteiger partial charge is 0.238 e. The summed E-state index contributed by atoms with van der Waals surface area (Å²) < 4.78 is 10.7. The van der Waals surface area contributed by atoms with E-state index in [2.05, 4.69) is 21.2 Å². The van der Waals surface area contributed by atoms with E-state index in [1.165, 1.54) is 5.56 Å². The van der Waals surface area contributed by atoms with Gasteiger partial charge in [0.15, 0.2) is 11.5 Å². The van der Waals surface area contributed by atoms with E-state index >= 15 is 0 Å². The van der Waals surface area contributed by atoms with Crippen molar-refractivity contribution in [3.8, 4) is 11.5 Å². The Morgan fingerprint density at radius 3 is 2.41 bits per heavy atom. The molecule has 0 radical (unpaired) electrons. The highest BCUT2D eigenvalue weighted by atomic mass is 35.5. The van der Waals surface area contributed by atoms with E-state index in [9.17, 15) is 4.79 Å². The molecule has 3 rings (SSSR count). The molecule has 1 aliphatic heterocycles. The third kappa shape index (κ3) is 5.63. The molecule has 2 aromatic carbocycles. The van der Waals surface area contributed by atoms with Gasteiger partial charge in [-0.15, -0.1) is 0 Å². The molecule has 1 N–H and O–H groups in total. The van der Waals surface area contributed by atoms with Gasteiger partial charge in [0.25, 0.3) is 0 Å². The topological polar surface area (TPSA) is 54.0 Å². The number of nitrogens with one attached hydrogen (secondary N) is 1. The number of anilines is 1. The molecule has 1 heterocycles. The number of methoxy groups -OCH3 is 2. The zero-order valence-electron chi connectivity index (χ0n) is 17.2. The van der Waals surface area contributed by atoms with Crippen LogP contribution in [-0.4, -0.2) is 62.7 Å². The lowest BCUT2D eigenvalue weighted by Gasteiger charge is -2.34. The summed E-state index contributed by atoms with van der Waals surface area (Å²) >= 11 is 6.13. The summed E-state index contributed by atoms with van der Waals surface area (Å²) in [7, 11) is 3.29. The molecule has 1 amide bonds. The zero-order chi connectivity index (χ0) is 20.8. The Labute approximate surface area is 177 Å². The first-order valence-electron chi connectivity index (χ1n) is 9.70. The number of amides is 1. The van der Waals surface area contributed by atoms with Gasteiger partial charge in [-0.3, -0.25) is 14.6 Å². The van der Waals surface area contributed by atoms with Gasteiger partial charge in [0.1, 0.15) is 0 Å². The lowest BCUT2D eigenvalue weighted by molar-refractivity contribution is -0.117. The number of nitrogens with zero attached hydrogens (tertiary/aromatic N) is 2. The van der Waals surface area contributed by atoms with E-state index in [-0.39, 0.29) is 5.91 Å². The molecule has 0 spiro atoms. The van der Waals surface area contributed by atoms with Gasteiger partial charge in [0.2, 0.25) is 5.91 Å². The number of carbonyl (C=O) groups excluding carboxylic acids is 1. The van der Waals surface area contributed by atoms with Gasteiger partial charge in [-0.1, -0.05) is 23.7 Å². The van der Waals surface area contributed by atoms with Gasteiger partial charge in [0.05, 0.1) is 20.8 Å². The van der Waals surface area contributed by atoms with E-state index in [1.54, 1.807) is 14.2 Å². The number of carbonyl (C=O) groups is 1. The highest BCUT2D eigenvalue weighted by Gasteiger charge is 2.20. The Hall–Kier alpha value is -2.28. The number of rotatable bonds is 7. The molecule has 7 heteroatoms. The summed E-state index contributed by atoms with van der Waals surface area (Å²) in [6.07, 6.45) is 0. The minimum Gasteiger partial charge on any atom is -0.493 e. The van der Waals surface area contributed by atoms with Gasteiger partial charge in [-0.25, -0.2) is 0 Å². The molecule has 6 nitrogen and oxygen atoms in total. The molecular formula is C22H28ClN3O3. The summed E-state index contributed by atoms with van der Waals surface area (Å²) in [6.45, 7) is 6.68. The Morgan fingerprint density at radius 1 is 1.03 bits per heavy atom. The van der Waals surface area contributed by atoms with Crippen molar-refractivity contribution in [3.05, 3.63) is 52.5 Å². The second-order valence-electron chi connectivity index (χ2n) is 7.20. The van der Waals surface area contributed by atoms with Crippen LogP contribution in [-0.2, 0) is 11.3 Å². The number of halogens is 1. The molecule has 0 aromatic heterocycles. The molecule has 156 valence electrons. The van der Waals surface area contributed by atoms with Crippen LogP contribution in [0.25, 0.3) is 0 Å². The quantitative estimate of drug-likeness (QED) is 0.748. The van der Waals surface area contributed by atoms with Gasteiger partial charge >= 0.3 is 0 Å². The lowest BCUT2D eigenvalue weighted by atomic mass is 10.1. The van der Waals surface area contributed by atoms with E-state index < -0.39 is 0 Å². The fourth-order valence-corrected chi connectivity index (χ4v) is 3.65. The first kappa shape index (κ1) is 21.4. The van der Waals surface area contributed by atoms with Crippen LogP contribution >= 0.6 is 11.6 Å². The number of hydrogen-bond acceptors (Lipinski definition) is 5. The Balaban J connectivity index is 1.48. The van der Waals surface area contributed by atoms with Crippen molar-refractivity contribution in [2.24, 2.45) is 0 Å². The van der Waals surface area contributed by atoms with Crippen molar-refractivity contribution >= 4 is 23.2 Å². The third-order valence-electron chi connectivity index (χ3n) is 5.23. The molecule has 0 saturated carbocycles. The van der Waals surface area contributed by atoms with Crippen LogP contribution < -0.4 is 14.8 Å². The maximum Gasteiger partial charge on any atom is 0.238 e. The summed E-state index contributed by atoms with van der Waals surface area (Å²) in [6, 6.07) is 11.6. The van der Waals surface area contributed by atoms with Crippen LogP contribution in [0, 0.1) is 6.92 Å². The van der Waals surface area contributed by atoms with Crippen molar-refractivity contribution in [2.75, 3.05) is 52.3 Å². The van der Waals surface area contributed by atoms with Crippen molar-refractivity contribution < 1.29 is 14.3 Å². The molecule has 0 atom stereocenters. The van der Waals surface area contributed by atoms with E-state index in [0.29, 0.717) is 11.6 Å². The molecule has 1 fully saturated rings. The van der Waals surface area contributed by atoms with Gasteiger partial charge < -0.3 is 14.8 Å². The van der Waals surface area contributed by atoms with E-state index in [0.717, 1.165) is 55.5 Å². The zero-order valence-corrected chi connectivity index (χ0v) is 18.0. The average molecular weight is 418 g/mol. The molecule has 1 saturated heterocycles. The van der Waals surface area contributed by atoms with E-state index in [4.69, 9.17) is 21.1 Å². The summed E-state index contributed by atoms with van der Waals surface area (Å²) in [5.74, 6) is 1.47. The van der Waals surface area contributed by atoms with Crippen LogP contribution in [0.15, 0.2) is 36.4 Å². The van der Waals surface area contributed by atoms with Crippen LogP contribution in [0.4, 0.5) is 5.69 Å². The maximum absolute atomic E-state index is 12.4. The number of benzene rings is 2. The number of ether oxygens (including phenoxy) is 2. The Morgan fingerprint density at radius 2 is 1.72 bits per heavy atom. The molecule has 0 unspecified atom stereocenters. The van der Waals surface area contributed by atoms with E-state index in [1.807, 2.05) is 37.3 Å². The maximum atomic E-state index is 12.4. The normalized spacial score (nSPS) is 15.2. The Kier molecular flexibility index (Phi) is 7.36. The predicted molar refractivity (Wildman–Crippen MR) is 116 cm³/mol. The first-order chi connectivity index (χ1) is 14.0. The first-order valence-corrected chi connectivity index (χ1v) is 10.1. The highest BCUT2D eigenvalue weighted by molar-refractivity contribution is 6.31. The fourth-order valence-electron chi connectivity index (χ4n) is 3.48. The average Bonchev–Trinajstić information content (AvgIpc) is 2.72. The third-order valence-corrected chi connectivity index (χ3v) is 5.64. The monoisotopic (exact) mass is 417 g/mol. The van der Waals surface area contributed by atoms with Crippen molar-refractivity contribution in [2.45, 2.75) is 13.5 Å². The van der Waals surface area contributed by atoms with Gasteiger partial charge in [0, 0.05) is 43.4 Å². The summed E-state index contributed by atoms with van der Waals surface area (Å²) in [4.78, 5) is 17.0. The fraction of sp³-hybridized carbons (Fsp3) is 0.409. The highest BCUT2D eigenvalue weighted by Crippen LogP contribution is 2.28. The lowest BCUT2D eigenvalue weighted by Crippen LogP contribution is -2.48. The second kappa shape index (κ2) is 9.96. The largest absolute Gasteiger partial charge is 0.493 e. The number of piperazine rings is 1. The standard InChI is InChI=1S/C22H28ClN3O3/c1-16-18(23)5-4-6-19(16)24-22(27)15-26-11-9-25(10-12-26)14-17-7-8-20(28-2)21(13-17)29-3/h4-8,13H,9-12,14-15H2,1-3H3,(H,24,27). The van der Waals surface area contributed by atoms with Crippen LogP contribution in [0.3, 0.4) is 0 Å². The van der Waals surface area contributed by atoms with Crippen LogP contribution in [0.1, 0.15) is 11.1 Å². The van der Waals surface area contributed by atoms with Crippen LogP contribution in [0.2, 0.25) is 5.02 Å². The van der Waals surface area contributed by atoms with Crippen molar-refractivity contribution in [3.63, 3.8) is 0 Å². The van der Waals surface area contributed by atoms with Gasteiger partial charge in [-0.05, 0) is 42.3 Å². The predicted octanol–water partition coefficient (Wildman–Crippen LogP) is 3.42. The van der Waals surface area contributed by atoms with Crippen molar-refractivity contribution in [1.82, 2.24) is 9.80 Å². The van der Waals surface area contributed by atoms with Crippen LogP contribution in [0.5, 0.6) is 11.5 Å². The Bertz CT molecular complexity index is 851. The van der Waals surface area contributed by atoms with Gasteiger partial charge in [-0.2, -0.15) is 0 Å². The summed E-state index contributed by atoms with van der Waals surface area (Å²) in [5, 5.41) is 3.63. The molecule has 1 aliphatic rings. The molecule has 2 aromatic rings. The SMILES string of the molecule is COc1ccc(CN2CCN(CC(=O)Nc3cccc(Cl)c3C)CC2)cc1OC. The molecular weight excluding hydrogens is 390 g/mol. The van der Waals surface area contributed by atoms with Crippen molar-refractivity contribution in [1.29, 1.82) is 0 Å². The molecule has 0 aliphatic carbocycles. The minimum atomic E-state index is -0.0105.